The number of amides is 1. The second-order valence-corrected chi connectivity index (χ2v) is 5.14. The molecule has 0 bridgehead atoms. The second-order valence-electron chi connectivity index (χ2n) is 4.23. The standard InChI is InChI=1S/C12H14BrNO/c1-3-6-12(2)9-7-8(13)4-5-10(9)14-11(12)15/h4-5,7H,3,6H2,1-2H3,(H,14,15). The van der Waals surface area contributed by atoms with Gasteiger partial charge in [-0.3, -0.25) is 4.79 Å². The molecule has 1 atom stereocenters. The van der Waals surface area contributed by atoms with Gasteiger partial charge in [-0.1, -0.05) is 29.3 Å². The van der Waals surface area contributed by atoms with E-state index in [2.05, 4.69) is 28.2 Å². The molecule has 0 fully saturated rings. The fourth-order valence-electron chi connectivity index (χ4n) is 2.21. The summed E-state index contributed by atoms with van der Waals surface area (Å²) in [5.74, 6) is 0.123. The van der Waals surface area contributed by atoms with Crippen molar-refractivity contribution in [2.24, 2.45) is 0 Å². The van der Waals surface area contributed by atoms with E-state index in [-0.39, 0.29) is 11.3 Å². The van der Waals surface area contributed by atoms with Crippen LogP contribution in [0, 0.1) is 0 Å². The van der Waals surface area contributed by atoms with Crippen molar-refractivity contribution in [3.05, 3.63) is 28.2 Å². The van der Waals surface area contributed by atoms with Crippen LogP contribution in [0.1, 0.15) is 32.3 Å². The molecule has 0 aliphatic carbocycles. The molecule has 1 heterocycles. The molecular formula is C12H14BrNO. The Hall–Kier alpha value is -0.830. The molecule has 2 rings (SSSR count). The fourth-order valence-corrected chi connectivity index (χ4v) is 2.57. The van der Waals surface area contributed by atoms with E-state index in [9.17, 15) is 4.79 Å². The first kappa shape index (κ1) is 10.7. The molecule has 80 valence electrons. The molecule has 2 nitrogen and oxygen atoms in total. The second kappa shape index (κ2) is 3.63. The van der Waals surface area contributed by atoms with Crippen LogP contribution < -0.4 is 5.32 Å². The van der Waals surface area contributed by atoms with Crippen LogP contribution in [0.25, 0.3) is 0 Å². The average Bonchev–Trinajstić information content (AvgIpc) is 2.42. The summed E-state index contributed by atoms with van der Waals surface area (Å²) in [6.07, 6.45) is 1.90. The highest BCUT2D eigenvalue weighted by Crippen LogP contribution is 2.41. The van der Waals surface area contributed by atoms with Crippen molar-refractivity contribution in [3.8, 4) is 0 Å². The van der Waals surface area contributed by atoms with Crippen LogP contribution in [-0.2, 0) is 10.2 Å². The molecule has 1 aliphatic rings. The predicted molar refractivity (Wildman–Crippen MR) is 65.0 cm³/mol. The summed E-state index contributed by atoms with van der Waals surface area (Å²) in [5, 5.41) is 2.94. The zero-order valence-corrected chi connectivity index (χ0v) is 10.5. The minimum Gasteiger partial charge on any atom is -0.325 e. The Labute approximate surface area is 98.2 Å². The van der Waals surface area contributed by atoms with Gasteiger partial charge in [0.05, 0.1) is 5.41 Å². The van der Waals surface area contributed by atoms with Crippen molar-refractivity contribution in [1.29, 1.82) is 0 Å². The average molecular weight is 268 g/mol. The van der Waals surface area contributed by atoms with E-state index in [0.717, 1.165) is 28.6 Å². The minimum atomic E-state index is -0.353. The Bertz CT molecular complexity index is 416. The molecule has 1 aromatic rings. The summed E-state index contributed by atoms with van der Waals surface area (Å²) in [7, 11) is 0. The van der Waals surface area contributed by atoms with Crippen LogP contribution in [0.4, 0.5) is 5.69 Å². The van der Waals surface area contributed by atoms with Gasteiger partial charge in [0.15, 0.2) is 0 Å². The summed E-state index contributed by atoms with van der Waals surface area (Å²) in [5.41, 5.74) is 1.72. The number of carbonyl (C=O) groups is 1. The van der Waals surface area contributed by atoms with E-state index < -0.39 is 0 Å². The Morgan fingerprint density at radius 3 is 2.87 bits per heavy atom. The first-order valence-electron chi connectivity index (χ1n) is 5.19. The molecular weight excluding hydrogens is 254 g/mol. The number of hydrogen-bond donors (Lipinski definition) is 1. The normalized spacial score (nSPS) is 23.8. The Balaban J connectivity index is 2.52. The molecule has 1 aliphatic heterocycles. The molecule has 0 aromatic heterocycles. The topological polar surface area (TPSA) is 29.1 Å². The monoisotopic (exact) mass is 267 g/mol. The summed E-state index contributed by atoms with van der Waals surface area (Å²) in [6.45, 7) is 4.12. The van der Waals surface area contributed by atoms with Gasteiger partial charge in [-0.2, -0.15) is 0 Å². The van der Waals surface area contributed by atoms with Crippen molar-refractivity contribution in [1.82, 2.24) is 0 Å². The smallest absolute Gasteiger partial charge is 0.234 e. The molecule has 0 spiro atoms. The maximum atomic E-state index is 11.9. The molecule has 0 saturated heterocycles. The lowest BCUT2D eigenvalue weighted by atomic mass is 9.80. The van der Waals surface area contributed by atoms with Gasteiger partial charge in [-0.25, -0.2) is 0 Å². The highest BCUT2D eigenvalue weighted by atomic mass is 79.9. The molecule has 0 saturated carbocycles. The van der Waals surface area contributed by atoms with Gasteiger partial charge in [-0.05, 0) is 37.1 Å². The number of anilines is 1. The zero-order chi connectivity index (χ0) is 11.1. The fraction of sp³-hybridized carbons (Fsp3) is 0.417. The van der Waals surface area contributed by atoms with Gasteiger partial charge in [-0.15, -0.1) is 0 Å². The molecule has 0 radical (unpaired) electrons. The Morgan fingerprint density at radius 1 is 1.47 bits per heavy atom. The van der Waals surface area contributed by atoms with Crippen molar-refractivity contribution in [2.75, 3.05) is 5.32 Å². The lowest BCUT2D eigenvalue weighted by molar-refractivity contribution is -0.120. The van der Waals surface area contributed by atoms with Crippen LogP contribution in [-0.4, -0.2) is 5.91 Å². The van der Waals surface area contributed by atoms with Gasteiger partial charge >= 0.3 is 0 Å². The summed E-state index contributed by atoms with van der Waals surface area (Å²) < 4.78 is 1.03. The Kier molecular flexibility index (Phi) is 2.59. The molecule has 1 amide bonds. The maximum absolute atomic E-state index is 11.9. The molecule has 3 heteroatoms. The van der Waals surface area contributed by atoms with Gasteiger partial charge < -0.3 is 5.32 Å². The SMILES string of the molecule is CCCC1(C)C(=O)Nc2ccc(Br)cc21. The van der Waals surface area contributed by atoms with Crippen molar-refractivity contribution < 1.29 is 4.79 Å². The van der Waals surface area contributed by atoms with E-state index >= 15 is 0 Å². The van der Waals surface area contributed by atoms with Gasteiger partial charge in [0.25, 0.3) is 0 Å². The largest absolute Gasteiger partial charge is 0.325 e. The van der Waals surface area contributed by atoms with E-state index in [1.807, 2.05) is 25.1 Å². The maximum Gasteiger partial charge on any atom is 0.234 e. The van der Waals surface area contributed by atoms with Gasteiger partial charge in [0.1, 0.15) is 0 Å². The number of fused-ring (bicyclic) bond motifs is 1. The van der Waals surface area contributed by atoms with Crippen LogP contribution in [0.15, 0.2) is 22.7 Å². The van der Waals surface area contributed by atoms with Gasteiger partial charge in [0.2, 0.25) is 5.91 Å². The number of nitrogens with one attached hydrogen (secondary N) is 1. The van der Waals surface area contributed by atoms with Gasteiger partial charge in [0, 0.05) is 10.2 Å². The summed E-state index contributed by atoms with van der Waals surface area (Å²) in [4.78, 5) is 11.9. The molecule has 1 aromatic carbocycles. The zero-order valence-electron chi connectivity index (χ0n) is 8.93. The number of hydrogen-bond acceptors (Lipinski definition) is 1. The van der Waals surface area contributed by atoms with E-state index in [4.69, 9.17) is 0 Å². The van der Waals surface area contributed by atoms with Crippen LogP contribution in [0.3, 0.4) is 0 Å². The molecule has 15 heavy (non-hydrogen) atoms. The first-order valence-corrected chi connectivity index (χ1v) is 5.98. The predicted octanol–water partition coefficient (Wildman–Crippen LogP) is 3.46. The van der Waals surface area contributed by atoms with Crippen molar-refractivity contribution >= 4 is 27.5 Å². The highest BCUT2D eigenvalue weighted by Gasteiger charge is 2.41. The van der Waals surface area contributed by atoms with E-state index in [0.29, 0.717) is 0 Å². The molecule has 1 N–H and O–H groups in total. The summed E-state index contributed by atoms with van der Waals surface area (Å²) in [6, 6.07) is 5.96. The third-order valence-electron chi connectivity index (χ3n) is 3.08. The molecule has 1 unspecified atom stereocenters. The van der Waals surface area contributed by atoms with E-state index in [1.54, 1.807) is 0 Å². The van der Waals surface area contributed by atoms with Crippen LogP contribution >= 0.6 is 15.9 Å². The van der Waals surface area contributed by atoms with Crippen LogP contribution in [0.2, 0.25) is 0 Å². The number of benzene rings is 1. The van der Waals surface area contributed by atoms with Crippen LogP contribution in [0.5, 0.6) is 0 Å². The lowest BCUT2D eigenvalue weighted by Gasteiger charge is -2.21. The first-order chi connectivity index (χ1) is 7.08. The third kappa shape index (κ3) is 1.59. The Morgan fingerprint density at radius 2 is 2.20 bits per heavy atom. The minimum absolute atomic E-state index is 0.123. The highest BCUT2D eigenvalue weighted by molar-refractivity contribution is 9.10. The van der Waals surface area contributed by atoms with Crippen molar-refractivity contribution in [3.63, 3.8) is 0 Å². The number of halogens is 1. The van der Waals surface area contributed by atoms with E-state index in [1.165, 1.54) is 0 Å². The lowest BCUT2D eigenvalue weighted by Crippen LogP contribution is -2.30. The number of carbonyl (C=O) groups excluding carboxylic acids is 1. The number of rotatable bonds is 2. The van der Waals surface area contributed by atoms with Crippen molar-refractivity contribution in [2.45, 2.75) is 32.1 Å². The quantitative estimate of drug-likeness (QED) is 0.874. The third-order valence-corrected chi connectivity index (χ3v) is 3.57. The summed E-state index contributed by atoms with van der Waals surface area (Å²) >= 11 is 3.45.